The molecule has 154 valence electrons. The standard InChI is InChI=1S/C22H28ClN5O/c1-15(2)14-28-16(3)19(13-25-28)26-21(29)22(4)7-9-27(10-8-22)20-6-5-18(23)11-17(20)12-24/h5-6,11,13,15H,7-10,14H2,1-4H3,(H,26,29). The maximum atomic E-state index is 13.0. The van der Waals surface area contributed by atoms with Crippen LogP contribution >= 0.6 is 11.6 Å². The SMILES string of the molecule is Cc1c(NC(=O)C2(C)CCN(c3ccc(Cl)cc3C#N)CC2)cnn1CC(C)C. The lowest BCUT2D eigenvalue weighted by Crippen LogP contribution is -2.45. The van der Waals surface area contributed by atoms with Crippen molar-refractivity contribution >= 4 is 28.9 Å². The summed E-state index contributed by atoms with van der Waals surface area (Å²) in [4.78, 5) is 15.2. The molecule has 7 heteroatoms. The van der Waals surface area contributed by atoms with Gasteiger partial charge in [-0.25, -0.2) is 0 Å². The van der Waals surface area contributed by atoms with Crippen molar-refractivity contribution in [3.8, 4) is 6.07 Å². The zero-order chi connectivity index (χ0) is 21.2. The van der Waals surface area contributed by atoms with E-state index >= 15 is 0 Å². The van der Waals surface area contributed by atoms with Gasteiger partial charge < -0.3 is 10.2 Å². The molecule has 1 aliphatic rings. The number of benzene rings is 1. The molecule has 1 N–H and O–H groups in total. The van der Waals surface area contributed by atoms with Crippen LogP contribution in [0.15, 0.2) is 24.4 Å². The normalized spacial score (nSPS) is 16.0. The summed E-state index contributed by atoms with van der Waals surface area (Å²) in [6, 6.07) is 7.59. The maximum Gasteiger partial charge on any atom is 0.230 e. The lowest BCUT2D eigenvalue weighted by Gasteiger charge is -2.39. The fourth-order valence-electron chi connectivity index (χ4n) is 3.71. The van der Waals surface area contributed by atoms with Crippen LogP contribution in [0.4, 0.5) is 11.4 Å². The van der Waals surface area contributed by atoms with Crippen molar-refractivity contribution in [1.82, 2.24) is 9.78 Å². The molecule has 0 spiro atoms. The predicted molar refractivity (Wildman–Crippen MR) is 116 cm³/mol. The highest BCUT2D eigenvalue weighted by molar-refractivity contribution is 6.30. The van der Waals surface area contributed by atoms with Gasteiger partial charge in [-0.15, -0.1) is 0 Å². The van der Waals surface area contributed by atoms with Gasteiger partial charge in [-0.2, -0.15) is 10.4 Å². The van der Waals surface area contributed by atoms with Crippen LogP contribution in [-0.4, -0.2) is 28.8 Å². The van der Waals surface area contributed by atoms with Gasteiger partial charge in [0.05, 0.1) is 34.2 Å². The molecule has 0 aliphatic carbocycles. The summed E-state index contributed by atoms with van der Waals surface area (Å²) in [6.07, 6.45) is 3.16. The largest absolute Gasteiger partial charge is 0.370 e. The summed E-state index contributed by atoms with van der Waals surface area (Å²) >= 11 is 6.01. The molecule has 0 bridgehead atoms. The van der Waals surface area contributed by atoms with E-state index in [9.17, 15) is 10.1 Å². The van der Waals surface area contributed by atoms with E-state index in [1.807, 2.05) is 24.6 Å². The molecule has 1 saturated heterocycles. The average molecular weight is 414 g/mol. The number of carbonyl (C=O) groups excluding carboxylic acids is 1. The van der Waals surface area contributed by atoms with Crippen molar-refractivity contribution in [1.29, 1.82) is 5.26 Å². The Balaban J connectivity index is 1.67. The highest BCUT2D eigenvalue weighted by atomic mass is 35.5. The maximum absolute atomic E-state index is 13.0. The third-order valence-electron chi connectivity index (χ3n) is 5.72. The molecule has 1 aromatic carbocycles. The molecule has 0 atom stereocenters. The van der Waals surface area contributed by atoms with Gasteiger partial charge in [0.2, 0.25) is 5.91 Å². The van der Waals surface area contributed by atoms with Crippen molar-refractivity contribution in [3.63, 3.8) is 0 Å². The first kappa shape index (κ1) is 21.2. The monoisotopic (exact) mass is 413 g/mol. The number of piperidine rings is 1. The van der Waals surface area contributed by atoms with Crippen LogP contribution in [0, 0.1) is 29.6 Å². The first-order valence-corrected chi connectivity index (χ1v) is 10.4. The summed E-state index contributed by atoms with van der Waals surface area (Å²) in [5.41, 5.74) is 2.75. The minimum atomic E-state index is -0.456. The van der Waals surface area contributed by atoms with E-state index < -0.39 is 5.41 Å². The second-order valence-corrected chi connectivity index (χ2v) is 8.93. The van der Waals surface area contributed by atoms with Gasteiger partial charge in [0.1, 0.15) is 6.07 Å². The van der Waals surface area contributed by atoms with Gasteiger partial charge in [-0.05, 0) is 43.9 Å². The van der Waals surface area contributed by atoms with E-state index in [4.69, 9.17) is 11.6 Å². The van der Waals surface area contributed by atoms with Crippen molar-refractivity contribution in [2.24, 2.45) is 11.3 Å². The molecule has 1 aromatic heterocycles. The van der Waals surface area contributed by atoms with Crippen LogP contribution in [0.2, 0.25) is 5.02 Å². The number of hydrogen-bond donors (Lipinski definition) is 1. The number of carbonyl (C=O) groups is 1. The average Bonchev–Trinajstić information content (AvgIpc) is 3.01. The van der Waals surface area contributed by atoms with E-state index in [0.29, 0.717) is 42.4 Å². The third kappa shape index (κ3) is 4.56. The first-order chi connectivity index (χ1) is 13.7. The van der Waals surface area contributed by atoms with Crippen LogP contribution in [0.5, 0.6) is 0 Å². The van der Waals surface area contributed by atoms with Gasteiger partial charge in [0.15, 0.2) is 0 Å². The summed E-state index contributed by atoms with van der Waals surface area (Å²) in [7, 11) is 0. The molecule has 29 heavy (non-hydrogen) atoms. The molecule has 0 unspecified atom stereocenters. The van der Waals surface area contributed by atoms with E-state index in [2.05, 4.69) is 35.2 Å². The Hall–Kier alpha value is -2.52. The van der Waals surface area contributed by atoms with Crippen molar-refractivity contribution in [3.05, 3.63) is 40.7 Å². The molecule has 2 heterocycles. The Labute approximate surface area is 177 Å². The fourth-order valence-corrected chi connectivity index (χ4v) is 3.89. The molecule has 3 rings (SSSR count). The predicted octanol–water partition coefficient (Wildman–Crippen LogP) is 4.62. The minimum Gasteiger partial charge on any atom is -0.370 e. The van der Waals surface area contributed by atoms with Gasteiger partial charge >= 0.3 is 0 Å². The Morgan fingerprint density at radius 3 is 2.69 bits per heavy atom. The van der Waals surface area contributed by atoms with Crippen LogP contribution in [0.25, 0.3) is 0 Å². The number of anilines is 2. The van der Waals surface area contributed by atoms with Crippen LogP contribution < -0.4 is 10.2 Å². The van der Waals surface area contributed by atoms with Crippen LogP contribution in [0.1, 0.15) is 44.9 Å². The first-order valence-electron chi connectivity index (χ1n) is 10.0. The van der Waals surface area contributed by atoms with Crippen molar-refractivity contribution in [2.45, 2.75) is 47.1 Å². The molecule has 1 fully saturated rings. The number of rotatable bonds is 5. The number of hydrogen-bond acceptors (Lipinski definition) is 4. The van der Waals surface area contributed by atoms with E-state index in [-0.39, 0.29) is 5.91 Å². The third-order valence-corrected chi connectivity index (χ3v) is 5.96. The summed E-state index contributed by atoms with van der Waals surface area (Å²) in [5, 5.41) is 17.5. The van der Waals surface area contributed by atoms with Gasteiger partial charge in [-0.1, -0.05) is 32.4 Å². The highest BCUT2D eigenvalue weighted by Crippen LogP contribution is 2.36. The van der Waals surface area contributed by atoms with Gasteiger partial charge in [-0.3, -0.25) is 9.48 Å². The van der Waals surface area contributed by atoms with E-state index in [1.165, 1.54) is 0 Å². The van der Waals surface area contributed by atoms with Crippen LogP contribution in [0.3, 0.4) is 0 Å². The number of aromatic nitrogens is 2. The molecule has 2 aromatic rings. The molecule has 6 nitrogen and oxygen atoms in total. The number of amides is 1. The number of halogens is 1. The van der Waals surface area contributed by atoms with E-state index in [0.717, 1.165) is 23.6 Å². The zero-order valence-electron chi connectivity index (χ0n) is 17.5. The van der Waals surface area contributed by atoms with E-state index in [1.54, 1.807) is 18.3 Å². The Kier molecular flexibility index (Phi) is 6.18. The fraction of sp³-hybridized carbons (Fsp3) is 0.500. The lowest BCUT2D eigenvalue weighted by atomic mass is 9.79. The van der Waals surface area contributed by atoms with Gasteiger partial charge in [0.25, 0.3) is 0 Å². The minimum absolute atomic E-state index is 0.0287. The topological polar surface area (TPSA) is 74.0 Å². The smallest absolute Gasteiger partial charge is 0.230 e. The molecular formula is C22H28ClN5O. The number of nitriles is 1. The molecule has 0 saturated carbocycles. The summed E-state index contributed by atoms with van der Waals surface area (Å²) in [5.74, 6) is 0.520. The van der Waals surface area contributed by atoms with Crippen molar-refractivity contribution < 1.29 is 4.79 Å². The second kappa shape index (κ2) is 8.46. The summed E-state index contributed by atoms with van der Waals surface area (Å²) < 4.78 is 1.94. The van der Waals surface area contributed by atoms with Crippen molar-refractivity contribution in [2.75, 3.05) is 23.3 Å². The molecule has 1 aliphatic heterocycles. The highest BCUT2D eigenvalue weighted by Gasteiger charge is 2.37. The summed E-state index contributed by atoms with van der Waals surface area (Å²) in [6.45, 7) is 10.5. The Morgan fingerprint density at radius 2 is 2.07 bits per heavy atom. The molecule has 1 amide bonds. The second-order valence-electron chi connectivity index (χ2n) is 8.49. The Morgan fingerprint density at radius 1 is 1.38 bits per heavy atom. The quantitative estimate of drug-likeness (QED) is 0.776. The lowest BCUT2D eigenvalue weighted by molar-refractivity contribution is -0.125. The molecule has 0 radical (unpaired) electrons. The number of nitrogens with zero attached hydrogens (tertiary/aromatic N) is 4. The van der Waals surface area contributed by atoms with Gasteiger partial charge in [0, 0.05) is 24.7 Å². The number of nitrogens with one attached hydrogen (secondary N) is 1. The molecular weight excluding hydrogens is 386 g/mol. The van der Waals surface area contributed by atoms with Crippen LogP contribution in [-0.2, 0) is 11.3 Å². The Bertz CT molecular complexity index is 935. The zero-order valence-corrected chi connectivity index (χ0v) is 18.3.